The van der Waals surface area contributed by atoms with Gasteiger partial charge < -0.3 is 5.32 Å². The van der Waals surface area contributed by atoms with E-state index >= 15 is 0 Å². The number of nitro benzene ring substituents is 1. The van der Waals surface area contributed by atoms with Crippen molar-refractivity contribution >= 4 is 21.6 Å². The Bertz CT molecular complexity index is 714. The fraction of sp³-hybridized carbons (Fsp3) is 0.357. The Hall–Kier alpha value is -2.26. The molecule has 1 N–H and O–H groups in total. The van der Waals surface area contributed by atoms with E-state index in [9.17, 15) is 23.3 Å². The van der Waals surface area contributed by atoms with Gasteiger partial charge in [-0.05, 0) is 31.1 Å². The zero-order chi connectivity index (χ0) is 17.0. The molecule has 1 heterocycles. The number of rotatable bonds is 5. The average Bonchev–Trinajstić information content (AvgIpc) is 2.55. The fourth-order valence-corrected chi connectivity index (χ4v) is 3.95. The van der Waals surface area contributed by atoms with Gasteiger partial charge in [-0.25, -0.2) is 8.42 Å². The summed E-state index contributed by atoms with van der Waals surface area (Å²) in [6.45, 7) is 3.88. The van der Waals surface area contributed by atoms with Crippen LogP contribution in [0.25, 0.3) is 0 Å². The summed E-state index contributed by atoms with van der Waals surface area (Å²) in [4.78, 5) is 21.4. The molecule has 0 radical (unpaired) electrons. The number of hydrogen-bond acceptors (Lipinski definition) is 5. The van der Waals surface area contributed by atoms with Gasteiger partial charge in [-0.3, -0.25) is 14.9 Å². The Morgan fingerprint density at radius 3 is 2.61 bits per heavy atom. The normalized spacial score (nSPS) is 19.0. The molecule has 23 heavy (non-hydrogen) atoms. The van der Waals surface area contributed by atoms with Crippen LogP contribution in [-0.2, 0) is 14.8 Å². The predicted octanol–water partition coefficient (Wildman–Crippen LogP) is 1.05. The van der Waals surface area contributed by atoms with Crippen LogP contribution < -0.4 is 5.32 Å². The van der Waals surface area contributed by atoms with Crippen molar-refractivity contribution < 1.29 is 18.1 Å². The highest BCUT2D eigenvalue weighted by molar-refractivity contribution is 7.89. The van der Waals surface area contributed by atoms with Crippen molar-refractivity contribution in [2.24, 2.45) is 0 Å². The third-order valence-corrected chi connectivity index (χ3v) is 5.48. The van der Waals surface area contributed by atoms with Crippen molar-refractivity contribution in [3.8, 4) is 0 Å². The maximum absolute atomic E-state index is 12.6. The van der Waals surface area contributed by atoms with Gasteiger partial charge in [0.25, 0.3) is 5.69 Å². The molecule has 1 fully saturated rings. The SMILES string of the molecule is C=CC(=O)N[C@H]1CCCN(S(=O)(=O)c2ccc([N+](=O)[O-])cc2)C1. The number of nitrogens with zero attached hydrogens (tertiary/aromatic N) is 2. The lowest BCUT2D eigenvalue weighted by Crippen LogP contribution is -2.49. The van der Waals surface area contributed by atoms with Crippen molar-refractivity contribution in [3.05, 3.63) is 47.0 Å². The van der Waals surface area contributed by atoms with Crippen molar-refractivity contribution in [3.63, 3.8) is 0 Å². The third kappa shape index (κ3) is 3.93. The molecule has 9 heteroatoms. The molecule has 124 valence electrons. The first-order chi connectivity index (χ1) is 10.8. The van der Waals surface area contributed by atoms with Gasteiger partial charge in [0, 0.05) is 31.3 Å². The lowest BCUT2D eigenvalue weighted by molar-refractivity contribution is -0.384. The first-order valence-electron chi connectivity index (χ1n) is 7.02. The summed E-state index contributed by atoms with van der Waals surface area (Å²) >= 11 is 0. The molecule has 1 aliphatic heterocycles. The third-order valence-electron chi connectivity index (χ3n) is 3.60. The molecule has 2 rings (SSSR count). The van der Waals surface area contributed by atoms with Gasteiger partial charge in [0.2, 0.25) is 15.9 Å². The van der Waals surface area contributed by atoms with Crippen LogP contribution >= 0.6 is 0 Å². The molecule has 8 nitrogen and oxygen atoms in total. The van der Waals surface area contributed by atoms with E-state index in [2.05, 4.69) is 11.9 Å². The van der Waals surface area contributed by atoms with Crippen LogP contribution in [0.3, 0.4) is 0 Å². The number of hydrogen-bond donors (Lipinski definition) is 1. The molecular weight excluding hydrogens is 322 g/mol. The summed E-state index contributed by atoms with van der Waals surface area (Å²) in [6.07, 6.45) is 2.45. The van der Waals surface area contributed by atoms with E-state index in [1.54, 1.807) is 0 Å². The lowest BCUT2D eigenvalue weighted by atomic mass is 10.1. The van der Waals surface area contributed by atoms with E-state index in [-0.39, 0.29) is 29.1 Å². The second kappa shape index (κ2) is 6.88. The number of sulfonamides is 1. The molecule has 0 unspecified atom stereocenters. The summed E-state index contributed by atoms with van der Waals surface area (Å²) in [5, 5.41) is 13.3. The molecule has 0 spiro atoms. The van der Waals surface area contributed by atoms with Crippen LogP contribution in [0.4, 0.5) is 5.69 Å². The first-order valence-corrected chi connectivity index (χ1v) is 8.46. The molecule has 1 saturated heterocycles. The standard InChI is InChI=1S/C14H17N3O5S/c1-2-14(18)15-11-4-3-9-16(10-11)23(21,22)13-7-5-12(6-8-13)17(19)20/h2,5-8,11H,1,3-4,9-10H2,(H,15,18)/t11-/m0/s1. The maximum Gasteiger partial charge on any atom is 0.269 e. The van der Waals surface area contributed by atoms with Gasteiger partial charge in [0.05, 0.1) is 9.82 Å². The van der Waals surface area contributed by atoms with E-state index in [0.717, 1.165) is 18.2 Å². The summed E-state index contributed by atoms with van der Waals surface area (Å²) in [6, 6.07) is 4.49. The topological polar surface area (TPSA) is 110 Å². The average molecular weight is 339 g/mol. The molecule has 0 aromatic heterocycles. The minimum atomic E-state index is -3.75. The molecule has 1 aromatic rings. The molecule has 0 bridgehead atoms. The molecule has 1 amide bonds. The maximum atomic E-state index is 12.6. The van der Waals surface area contributed by atoms with Crippen LogP contribution in [0.5, 0.6) is 0 Å². The van der Waals surface area contributed by atoms with E-state index in [0.29, 0.717) is 19.4 Å². The molecular formula is C14H17N3O5S. The summed E-state index contributed by atoms with van der Waals surface area (Å²) < 4.78 is 26.5. The van der Waals surface area contributed by atoms with Crippen molar-refractivity contribution in [2.45, 2.75) is 23.8 Å². The highest BCUT2D eigenvalue weighted by atomic mass is 32.2. The van der Waals surface area contributed by atoms with Crippen molar-refractivity contribution in [1.82, 2.24) is 9.62 Å². The minimum absolute atomic E-state index is 0.00111. The Balaban J connectivity index is 2.16. The number of carbonyl (C=O) groups excluding carboxylic acids is 1. The number of amides is 1. The fourth-order valence-electron chi connectivity index (χ4n) is 2.43. The Labute approximate surface area is 134 Å². The monoisotopic (exact) mass is 339 g/mol. The zero-order valence-corrected chi connectivity index (χ0v) is 13.2. The van der Waals surface area contributed by atoms with E-state index in [4.69, 9.17) is 0 Å². The van der Waals surface area contributed by atoms with Crippen molar-refractivity contribution in [2.75, 3.05) is 13.1 Å². The molecule has 1 aliphatic rings. The zero-order valence-electron chi connectivity index (χ0n) is 12.3. The largest absolute Gasteiger partial charge is 0.349 e. The van der Waals surface area contributed by atoms with Crippen LogP contribution in [0.1, 0.15) is 12.8 Å². The number of carbonyl (C=O) groups is 1. The summed E-state index contributed by atoms with van der Waals surface area (Å²) in [5.41, 5.74) is -0.168. The second-order valence-electron chi connectivity index (χ2n) is 5.17. The molecule has 1 atom stereocenters. The molecule has 0 saturated carbocycles. The van der Waals surface area contributed by atoms with E-state index < -0.39 is 14.9 Å². The lowest BCUT2D eigenvalue weighted by Gasteiger charge is -2.32. The van der Waals surface area contributed by atoms with Crippen LogP contribution in [0.2, 0.25) is 0 Å². The highest BCUT2D eigenvalue weighted by Crippen LogP contribution is 2.22. The number of nitro groups is 1. The second-order valence-corrected chi connectivity index (χ2v) is 7.10. The van der Waals surface area contributed by atoms with Crippen LogP contribution in [0, 0.1) is 10.1 Å². The van der Waals surface area contributed by atoms with Gasteiger partial charge in [-0.15, -0.1) is 0 Å². The number of nitrogens with one attached hydrogen (secondary N) is 1. The summed E-state index contributed by atoms with van der Waals surface area (Å²) in [5.74, 6) is -0.343. The summed E-state index contributed by atoms with van der Waals surface area (Å²) in [7, 11) is -3.75. The van der Waals surface area contributed by atoms with Crippen molar-refractivity contribution in [1.29, 1.82) is 0 Å². The Kier molecular flexibility index (Phi) is 5.12. The number of piperidine rings is 1. The van der Waals surface area contributed by atoms with Gasteiger partial charge in [-0.2, -0.15) is 4.31 Å². The Morgan fingerprint density at radius 1 is 1.39 bits per heavy atom. The van der Waals surface area contributed by atoms with Crippen LogP contribution in [0.15, 0.2) is 41.8 Å². The Morgan fingerprint density at radius 2 is 2.04 bits per heavy atom. The van der Waals surface area contributed by atoms with Gasteiger partial charge in [0.15, 0.2) is 0 Å². The molecule has 0 aliphatic carbocycles. The number of benzene rings is 1. The quantitative estimate of drug-likeness (QED) is 0.490. The smallest absolute Gasteiger partial charge is 0.269 e. The van der Waals surface area contributed by atoms with E-state index in [1.807, 2.05) is 0 Å². The van der Waals surface area contributed by atoms with E-state index in [1.165, 1.54) is 16.4 Å². The van der Waals surface area contributed by atoms with Gasteiger partial charge in [-0.1, -0.05) is 6.58 Å². The van der Waals surface area contributed by atoms with Crippen LogP contribution in [-0.4, -0.2) is 42.7 Å². The van der Waals surface area contributed by atoms with Gasteiger partial charge >= 0.3 is 0 Å². The predicted molar refractivity (Wildman–Crippen MR) is 83.2 cm³/mol. The minimum Gasteiger partial charge on any atom is -0.349 e. The highest BCUT2D eigenvalue weighted by Gasteiger charge is 2.30. The first kappa shape index (κ1) is 17.1. The van der Waals surface area contributed by atoms with Gasteiger partial charge in [0.1, 0.15) is 0 Å². The molecule has 1 aromatic carbocycles. The number of non-ortho nitro benzene ring substituents is 1.